The molecule has 0 radical (unpaired) electrons. The number of para-hydroxylation sites is 1. The van der Waals surface area contributed by atoms with Crippen LogP contribution in [0.4, 0.5) is 5.69 Å². The van der Waals surface area contributed by atoms with Crippen LogP contribution < -0.4 is 5.32 Å². The first-order chi connectivity index (χ1) is 8.83. The largest absolute Gasteiger partial charge is 0.382 e. The Kier molecular flexibility index (Phi) is 2.89. The van der Waals surface area contributed by atoms with Crippen molar-refractivity contribution < 1.29 is 0 Å². The van der Waals surface area contributed by atoms with Gasteiger partial charge < -0.3 is 5.32 Å². The summed E-state index contributed by atoms with van der Waals surface area (Å²) in [5.74, 6) is 0. The third-order valence-electron chi connectivity index (χ3n) is 3.35. The lowest BCUT2D eigenvalue weighted by molar-refractivity contribution is 0.839. The second-order valence-corrected chi connectivity index (χ2v) is 4.87. The molecule has 0 saturated heterocycles. The Balaban J connectivity index is 1.91. The zero-order valence-electron chi connectivity index (χ0n) is 10.6. The SMILES string of the molecule is CC1Cc2cccc(/C=C/c3ccccc3)c2N1. The van der Waals surface area contributed by atoms with Gasteiger partial charge in [0.1, 0.15) is 0 Å². The molecule has 1 N–H and O–H groups in total. The van der Waals surface area contributed by atoms with Crippen LogP contribution in [-0.4, -0.2) is 6.04 Å². The topological polar surface area (TPSA) is 12.0 Å². The minimum absolute atomic E-state index is 0.547. The van der Waals surface area contributed by atoms with Gasteiger partial charge >= 0.3 is 0 Å². The summed E-state index contributed by atoms with van der Waals surface area (Å²) < 4.78 is 0. The van der Waals surface area contributed by atoms with Gasteiger partial charge in [0, 0.05) is 11.7 Å². The molecule has 90 valence electrons. The van der Waals surface area contributed by atoms with E-state index < -0.39 is 0 Å². The number of rotatable bonds is 2. The van der Waals surface area contributed by atoms with Crippen LogP contribution in [0.1, 0.15) is 23.6 Å². The second-order valence-electron chi connectivity index (χ2n) is 4.87. The van der Waals surface area contributed by atoms with E-state index in [1.807, 2.05) is 6.07 Å². The van der Waals surface area contributed by atoms with E-state index in [9.17, 15) is 0 Å². The maximum atomic E-state index is 3.55. The zero-order chi connectivity index (χ0) is 12.4. The van der Waals surface area contributed by atoms with Crippen LogP contribution in [0, 0.1) is 0 Å². The number of anilines is 1. The van der Waals surface area contributed by atoms with Gasteiger partial charge in [0.05, 0.1) is 0 Å². The molecule has 0 fully saturated rings. The van der Waals surface area contributed by atoms with E-state index in [0.717, 1.165) is 6.42 Å². The van der Waals surface area contributed by atoms with Gasteiger partial charge in [-0.15, -0.1) is 0 Å². The number of benzene rings is 2. The third-order valence-corrected chi connectivity index (χ3v) is 3.35. The molecule has 1 heteroatoms. The fourth-order valence-corrected chi connectivity index (χ4v) is 2.48. The molecule has 0 amide bonds. The molecule has 0 bridgehead atoms. The minimum Gasteiger partial charge on any atom is -0.382 e. The van der Waals surface area contributed by atoms with Crippen LogP contribution in [0.3, 0.4) is 0 Å². The van der Waals surface area contributed by atoms with Crippen molar-refractivity contribution in [2.45, 2.75) is 19.4 Å². The summed E-state index contributed by atoms with van der Waals surface area (Å²) in [6.45, 7) is 2.23. The van der Waals surface area contributed by atoms with Gasteiger partial charge in [0.15, 0.2) is 0 Å². The van der Waals surface area contributed by atoms with Crippen LogP contribution >= 0.6 is 0 Å². The Morgan fingerprint density at radius 1 is 1.00 bits per heavy atom. The molecule has 2 aromatic carbocycles. The highest BCUT2D eigenvalue weighted by Gasteiger charge is 2.17. The fraction of sp³-hybridized carbons (Fsp3) is 0.176. The molecule has 18 heavy (non-hydrogen) atoms. The number of hydrogen-bond donors (Lipinski definition) is 1. The number of fused-ring (bicyclic) bond motifs is 1. The molecular formula is C17H17N. The van der Waals surface area contributed by atoms with Crippen molar-refractivity contribution >= 4 is 17.8 Å². The van der Waals surface area contributed by atoms with Crippen molar-refractivity contribution in [2.24, 2.45) is 0 Å². The van der Waals surface area contributed by atoms with Gasteiger partial charge in [-0.1, -0.05) is 60.7 Å². The summed E-state index contributed by atoms with van der Waals surface area (Å²) in [7, 11) is 0. The summed E-state index contributed by atoms with van der Waals surface area (Å²) in [5, 5.41) is 3.55. The summed E-state index contributed by atoms with van der Waals surface area (Å²) in [6, 6.07) is 17.5. The number of hydrogen-bond acceptors (Lipinski definition) is 1. The van der Waals surface area contributed by atoms with Crippen molar-refractivity contribution in [3.8, 4) is 0 Å². The van der Waals surface area contributed by atoms with Gasteiger partial charge in [-0.05, 0) is 30.0 Å². The van der Waals surface area contributed by atoms with Crippen LogP contribution in [0.2, 0.25) is 0 Å². The Hall–Kier alpha value is -2.02. The Morgan fingerprint density at radius 3 is 2.67 bits per heavy atom. The molecular weight excluding hydrogens is 218 g/mol. The fourth-order valence-electron chi connectivity index (χ4n) is 2.48. The number of nitrogens with one attached hydrogen (secondary N) is 1. The van der Waals surface area contributed by atoms with E-state index in [4.69, 9.17) is 0 Å². The van der Waals surface area contributed by atoms with Crippen LogP contribution in [0.5, 0.6) is 0 Å². The smallest absolute Gasteiger partial charge is 0.0449 e. The normalized spacial score (nSPS) is 17.7. The molecule has 2 aromatic rings. The zero-order valence-corrected chi connectivity index (χ0v) is 10.6. The molecule has 0 spiro atoms. The highest BCUT2D eigenvalue weighted by molar-refractivity contribution is 5.79. The minimum atomic E-state index is 0.547. The lowest BCUT2D eigenvalue weighted by Crippen LogP contribution is -2.08. The van der Waals surface area contributed by atoms with Crippen LogP contribution in [0.25, 0.3) is 12.2 Å². The molecule has 1 heterocycles. The molecule has 0 aliphatic carbocycles. The quantitative estimate of drug-likeness (QED) is 0.769. The third kappa shape index (κ3) is 2.17. The molecule has 1 aliphatic rings. The van der Waals surface area contributed by atoms with Gasteiger partial charge in [0.2, 0.25) is 0 Å². The van der Waals surface area contributed by atoms with Gasteiger partial charge in [-0.25, -0.2) is 0 Å². The summed E-state index contributed by atoms with van der Waals surface area (Å²) in [5.41, 5.74) is 5.25. The highest BCUT2D eigenvalue weighted by atomic mass is 14.9. The van der Waals surface area contributed by atoms with E-state index in [2.05, 4.69) is 66.9 Å². The van der Waals surface area contributed by atoms with Gasteiger partial charge in [-0.3, -0.25) is 0 Å². The Bertz CT molecular complexity index is 569. The maximum Gasteiger partial charge on any atom is 0.0449 e. The summed E-state index contributed by atoms with van der Waals surface area (Å²) >= 11 is 0. The average molecular weight is 235 g/mol. The van der Waals surface area contributed by atoms with Crippen molar-refractivity contribution in [3.05, 3.63) is 65.2 Å². The monoisotopic (exact) mass is 235 g/mol. The van der Waals surface area contributed by atoms with Crippen molar-refractivity contribution in [2.75, 3.05) is 5.32 Å². The van der Waals surface area contributed by atoms with Crippen molar-refractivity contribution in [1.82, 2.24) is 0 Å². The van der Waals surface area contributed by atoms with E-state index >= 15 is 0 Å². The molecule has 0 aromatic heterocycles. The van der Waals surface area contributed by atoms with Crippen molar-refractivity contribution in [3.63, 3.8) is 0 Å². The second kappa shape index (κ2) is 4.69. The summed E-state index contributed by atoms with van der Waals surface area (Å²) in [4.78, 5) is 0. The standard InChI is InChI=1S/C17H17N/c1-13-12-16-9-5-8-15(17(16)18-13)11-10-14-6-3-2-4-7-14/h2-11,13,18H,12H2,1H3/b11-10+. The summed E-state index contributed by atoms with van der Waals surface area (Å²) in [6.07, 6.45) is 5.49. The van der Waals surface area contributed by atoms with E-state index in [0.29, 0.717) is 6.04 Å². The molecule has 0 saturated carbocycles. The lowest BCUT2D eigenvalue weighted by Gasteiger charge is -2.06. The Morgan fingerprint density at radius 2 is 1.83 bits per heavy atom. The maximum absolute atomic E-state index is 3.55. The molecule has 1 atom stereocenters. The highest BCUT2D eigenvalue weighted by Crippen LogP contribution is 2.30. The van der Waals surface area contributed by atoms with E-state index in [1.54, 1.807) is 0 Å². The van der Waals surface area contributed by atoms with Crippen LogP contribution in [0.15, 0.2) is 48.5 Å². The Labute approximate surface area is 108 Å². The first-order valence-electron chi connectivity index (χ1n) is 6.44. The first-order valence-corrected chi connectivity index (χ1v) is 6.44. The van der Waals surface area contributed by atoms with E-state index in [1.165, 1.54) is 22.4 Å². The molecule has 1 nitrogen and oxygen atoms in total. The van der Waals surface area contributed by atoms with Crippen molar-refractivity contribution in [1.29, 1.82) is 0 Å². The molecule has 1 unspecified atom stereocenters. The van der Waals surface area contributed by atoms with Gasteiger partial charge in [-0.2, -0.15) is 0 Å². The van der Waals surface area contributed by atoms with Crippen LogP contribution in [-0.2, 0) is 6.42 Å². The molecule has 1 aliphatic heterocycles. The van der Waals surface area contributed by atoms with E-state index in [-0.39, 0.29) is 0 Å². The van der Waals surface area contributed by atoms with Gasteiger partial charge in [0.25, 0.3) is 0 Å². The lowest BCUT2D eigenvalue weighted by atomic mass is 10.1. The molecule has 3 rings (SSSR count). The first kappa shape index (κ1) is 11.1. The predicted octanol–water partition coefficient (Wildman–Crippen LogP) is 4.21. The predicted molar refractivity (Wildman–Crippen MR) is 78.6 cm³/mol. The average Bonchev–Trinajstić information content (AvgIpc) is 2.78.